The number of ether oxygens (including phenoxy) is 2. The molecule has 0 saturated heterocycles. The normalized spacial score (nSPS) is 11.9. The minimum absolute atomic E-state index is 0.102. The van der Waals surface area contributed by atoms with E-state index in [9.17, 15) is 14.0 Å². The maximum Gasteiger partial charge on any atom is 0.329 e. The quantitative estimate of drug-likeness (QED) is 0.778. The van der Waals surface area contributed by atoms with Gasteiger partial charge in [-0.15, -0.1) is 0 Å². The zero-order chi connectivity index (χ0) is 18.4. The Morgan fingerprint density at radius 3 is 2.64 bits per heavy atom. The number of rotatable bonds is 7. The highest BCUT2D eigenvalue weighted by atomic mass is 19.1. The van der Waals surface area contributed by atoms with Gasteiger partial charge in [0.15, 0.2) is 5.76 Å². The number of amides is 1. The second-order valence-corrected chi connectivity index (χ2v) is 5.74. The lowest BCUT2D eigenvalue weighted by Crippen LogP contribution is -2.45. The summed E-state index contributed by atoms with van der Waals surface area (Å²) in [4.78, 5) is 24.4. The van der Waals surface area contributed by atoms with Crippen molar-refractivity contribution in [1.82, 2.24) is 5.32 Å². The lowest BCUT2D eigenvalue weighted by Gasteiger charge is -2.20. The smallest absolute Gasteiger partial charge is 0.329 e. The Morgan fingerprint density at radius 2 is 2.04 bits per heavy atom. The maximum atomic E-state index is 13.4. The SMILES string of the molecule is COc1ccc(F)cc1COC(=O)C(NC(=O)c1ccco1)C(C)C. The molecule has 0 spiro atoms. The number of halogens is 1. The zero-order valence-corrected chi connectivity index (χ0v) is 14.2. The topological polar surface area (TPSA) is 77.8 Å². The molecule has 2 aromatic rings. The van der Waals surface area contributed by atoms with Gasteiger partial charge in [-0.2, -0.15) is 0 Å². The monoisotopic (exact) mass is 349 g/mol. The number of furan rings is 1. The van der Waals surface area contributed by atoms with Gasteiger partial charge in [0.05, 0.1) is 13.4 Å². The summed E-state index contributed by atoms with van der Waals surface area (Å²) in [6.45, 7) is 3.38. The number of nitrogens with one attached hydrogen (secondary N) is 1. The summed E-state index contributed by atoms with van der Waals surface area (Å²) in [6, 6.07) is 6.15. The van der Waals surface area contributed by atoms with Gasteiger partial charge >= 0.3 is 5.97 Å². The van der Waals surface area contributed by atoms with E-state index in [0.29, 0.717) is 11.3 Å². The van der Waals surface area contributed by atoms with E-state index in [1.807, 2.05) is 0 Å². The number of hydrogen-bond donors (Lipinski definition) is 1. The average Bonchev–Trinajstić information content (AvgIpc) is 3.12. The van der Waals surface area contributed by atoms with Gasteiger partial charge in [-0.25, -0.2) is 9.18 Å². The highest BCUT2D eigenvalue weighted by Crippen LogP contribution is 2.20. The molecule has 1 N–H and O–H groups in total. The van der Waals surface area contributed by atoms with Gasteiger partial charge in [-0.05, 0) is 36.2 Å². The van der Waals surface area contributed by atoms with Crippen molar-refractivity contribution in [1.29, 1.82) is 0 Å². The van der Waals surface area contributed by atoms with Crippen molar-refractivity contribution in [2.75, 3.05) is 7.11 Å². The van der Waals surface area contributed by atoms with Gasteiger partial charge in [0.1, 0.15) is 24.2 Å². The Kier molecular flexibility index (Phi) is 6.16. The van der Waals surface area contributed by atoms with E-state index in [2.05, 4.69) is 5.32 Å². The molecule has 0 bridgehead atoms. The third kappa shape index (κ3) is 4.82. The average molecular weight is 349 g/mol. The molecule has 0 radical (unpaired) electrons. The molecular weight excluding hydrogens is 329 g/mol. The summed E-state index contributed by atoms with van der Waals surface area (Å²) < 4.78 is 28.7. The predicted molar refractivity (Wildman–Crippen MR) is 87.5 cm³/mol. The van der Waals surface area contributed by atoms with Crippen LogP contribution in [0.1, 0.15) is 30.0 Å². The number of carbonyl (C=O) groups excluding carboxylic acids is 2. The van der Waals surface area contributed by atoms with Gasteiger partial charge in [0, 0.05) is 5.56 Å². The number of carbonyl (C=O) groups is 2. The van der Waals surface area contributed by atoms with Crippen LogP contribution < -0.4 is 10.1 Å². The Hall–Kier alpha value is -2.83. The molecule has 0 fully saturated rings. The molecule has 1 atom stereocenters. The molecule has 0 aliphatic carbocycles. The molecule has 1 aromatic heterocycles. The van der Waals surface area contributed by atoms with E-state index in [1.165, 1.54) is 37.6 Å². The number of benzene rings is 1. The molecule has 1 unspecified atom stereocenters. The van der Waals surface area contributed by atoms with Gasteiger partial charge in [-0.3, -0.25) is 4.79 Å². The second kappa shape index (κ2) is 8.32. The fraction of sp³-hybridized carbons (Fsp3) is 0.333. The molecule has 1 aromatic carbocycles. The lowest BCUT2D eigenvalue weighted by molar-refractivity contribution is -0.148. The van der Waals surface area contributed by atoms with E-state index in [4.69, 9.17) is 13.9 Å². The molecule has 6 nitrogen and oxygen atoms in total. The van der Waals surface area contributed by atoms with Crippen LogP contribution in [0, 0.1) is 11.7 Å². The van der Waals surface area contributed by atoms with E-state index in [1.54, 1.807) is 19.9 Å². The predicted octanol–water partition coefficient (Wildman–Crippen LogP) is 2.93. The second-order valence-electron chi connectivity index (χ2n) is 5.74. The number of methoxy groups -OCH3 is 1. The van der Waals surface area contributed by atoms with Crippen molar-refractivity contribution in [3.8, 4) is 5.75 Å². The van der Waals surface area contributed by atoms with Crippen LogP contribution in [0.25, 0.3) is 0 Å². The lowest BCUT2D eigenvalue weighted by atomic mass is 10.0. The summed E-state index contributed by atoms with van der Waals surface area (Å²) in [7, 11) is 1.44. The number of hydrogen-bond acceptors (Lipinski definition) is 5. The third-order valence-electron chi connectivity index (χ3n) is 3.56. The first kappa shape index (κ1) is 18.5. The fourth-order valence-electron chi connectivity index (χ4n) is 2.22. The summed E-state index contributed by atoms with van der Waals surface area (Å²) in [5.74, 6) is -1.29. The fourth-order valence-corrected chi connectivity index (χ4v) is 2.22. The van der Waals surface area contributed by atoms with Crippen LogP contribution in [0.3, 0.4) is 0 Å². The first-order chi connectivity index (χ1) is 11.9. The van der Waals surface area contributed by atoms with Crippen LogP contribution in [-0.4, -0.2) is 25.0 Å². The molecule has 134 valence electrons. The Balaban J connectivity index is 2.03. The van der Waals surface area contributed by atoms with Gasteiger partial charge < -0.3 is 19.2 Å². The molecule has 25 heavy (non-hydrogen) atoms. The van der Waals surface area contributed by atoms with Crippen LogP contribution in [-0.2, 0) is 16.1 Å². The molecule has 7 heteroatoms. The standard InChI is InChI=1S/C18H20FNO5/c1-11(2)16(20-17(21)15-5-4-8-24-15)18(22)25-10-12-9-13(19)6-7-14(12)23-3/h4-9,11,16H,10H2,1-3H3,(H,20,21). The van der Waals surface area contributed by atoms with Gasteiger partial charge in [0.2, 0.25) is 0 Å². The van der Waals surface area contributed by atoms with Crippen molar-refractivity contribution >= 4 is 11.9 Å². The van der Waals surface area contributed by atoms with Gasteiger partial charge in [0.25, 0.3) is 5.91 Å². The van der Waals surface area contributed by atoms with E-state index in [-0.39, 0.29) is 18.3 Å². The van der Waals surface area contributed by atoms with Crippen LogP contribution in [0.4, 0.5) is 4.39 Å². The molecule has 1 amide bonds. The summed E-state index contributed by atoms with van der Waals surface area (Å²) >= 11 is 0. The Labute approximate surface area is 144 Å². The summed E-state index contributed by atoms with van der Waals surface area (Å²) in [5, 5.41) is 2.58. The van der Waals surface area contributed by atoms with Crippen LogP contribution in [0.5, 0.6) is 5.75 Å². The first-order valence-corrected chi connectivity index (χ1v) is 7.75. The van der Waals surface area contributed by atoms with E-state index < -0.39 is 23.7 Å². The van der Waals surface area contributed by atoms with Crippen molar-refractivity contribution in [2.24, 2.45) is 5.92 Å². The molecule has 2 rings (SSSR count). The largest absolute Gasteiger partial charge is 0.496 e. The summed E-state index contributed by atoms with van der Waals surface area (Å²) in [5.41, 5.74) is 0.399. The minimum atomic E-state index is -0.864. The van der Waals surface area contributed by atoms with Crippen LogP contribution in [0.15, 0.2) is 41.0 Å². The first-order valence-electron chi connectivity index (χ1n) is 7.75. The van der Waals surface area contributed by atoms with Crippen molar-refractivity contribution in [2.45, 2.75) is 26.5 Å². The highest BCUT2D eigenvalue weighted by molar-refractivity contribution is 5.94. The van der Waals surface area contributed by atoms with E-state index in [0.717, 1.165) is 0 Å². The molecule has 0 saturated carbocycles. The highest BCUT2D eigenvalue weighted by Gasteiger charge is 2.27. The van der Waals surface area contributed by atoms with Crippen LogP contribution >= 0.6 is 0 Å². The number of esters is 1. The van der Waals surface area contributed by atoms with Crippen LogP contribution in [0.2, 0.25) is 0 Å². The van der Waals surface area contributed by atoms with E-state index >= 15 is 0 Å². The Bertz CT molecular complexity index is 727. The van der Waals surface area contributed by atoms with Crippen molar-refractivity contribution in [3.05, 3.63) is 53.7 Å². The Morgan fingerprint density at radius 1 is 1.28 bits per heavy atom. The van der Waals surface area contributed by atoms with Gasteiger partial charge in [-0.1, -0.05) is 13.8 Å². The molecular formula is C18H20FNO5. The zero-order valence-electron chi connectivity index (χ0n) is 14.2. The molecule has 0 aliphatic heterocycles. The van der Waals surface area contributed by atoms with Crippen molar-refractivity contribution < 1.29 is 27.9 Å². The molecule has 1 heterocycles. The minimum Gasteiger partial charge on any atom is -0.496 e. The maximum absolute atomic E-state index is 13.4. The molecule has 0 aliphatic rings. The third-order valence-corrected chi connectivity index (χ3v) is 3.56. The summed E-state index contributed by atoms with van der Waals surface area (Å²) in [6.07, 6.45) is 1.37. The van der Waals surface area contributed by atoms with Crippen molar-refractivity contribution in [3.63, 3.8) is 0 Å².